The van der Waals surface area contributed by atoms with Gasteiger partial charge in [-0.3, -0.25) is 37.3 Å². The summed E-state index contributed by atoms with van der Waals surface area (Å²) in [6, 6.07) is 0. The van der Waals surface area contributed by atoms with Gasteiger partial charge in [-0.1, -0.05) is 414 Å². The number of ether oxygens (including phenoxy) is 4. The monoisotopic (exact) mass is 1560 g/mol. The fourth-order valence-corrected chi connectivity index (χ4v) is 15.3. The number of phosphoric acid groups is 2. The zero-order valence-electron chi connectivity index (χ0n) is 70.6. The SMILES string of the molecule is CCCCCCCCCCCCCCCCCCCCCC(=O)OC[C@H](COP(=O)(O)OC[C@@H](O)COP(=O)(O)OC[C@@H](COC(=O)CCCCCCCCC(C)CC)OC(=O)CCCCCCCCCCCCCCCCC(C)C)OC(=O)CCCCCCCCCCCCCCCCCCCCC(C)C. The van der Waals surface area contributed by atoms with E-state index in [4.69, 9.17) is 37.0 Å². The second-order valence-corrected chi connectivity index (χ2v) is 35.7. The fraction of sp³-hybridized carbons (Fsp3) is 0.955. The third-order valence-corrected chi connectivity index (χ3v) is 22.9. The first-order valence-electron chi connectivity index (χ1n) is 45.4. The van der Waals surface area contributed by atoms with Crippen LogP contribution < -0.4 is 0 Å². The molecule has 107 heavy (non-hydrogen) atoms. The Bertz CT molecular complexity index is 2060. The molecule has 0 aromatic carbocycles. The molecule has 0 fully saturated rings. The molecule has 0 aliphatic heterocycles. The number of unbranched alkanes of at least 4 members (excludes halogenated alkanes) is 53. The van der Waals surface area contributed by atoms with E-state index in [1.54, 1.807) is 0 Å². The zero-order valence-corrected chi connectivity index (χ0v) is 72.4. The van der Waals surface area contributed by atoms with Gasteiger partial charge in [0.2, 0.25) is 0 Å². The van der Waals surface area contributed by atoms with Crippen LogP contribution in [0.5, 0.6) is 0 Å². The van der Waals surface area contributed by atoms with Crippen LogP contribution in [0.15, 0.2) is 0 Å². The number of aliphatic hydroxyl groups is 1. The van der Waals surface area contributed by atoms with E-state index in [1.807, 2.05) is 0 Å². The van der Waals surface area contributed by atoms with Gasteiger partial charge in [-0.2, -0.15) is 0 Å². The van der Waals surface area contributed by atoms with E-state index in [1.165, 1.54) is 270 Å². The Balaban J connectivity index is 5.23. The number of esters is 4. The summed E-state index contributed by atoms with van der Waals surface area (Å²) in [4.78, 5) is 73.3. The molecule has 636 valence electrons. The Morgan fingerprint density at radius 2 is 0.477 bits per heavy atom. The normalized spacial score (nSPS) is 14.1. The predicted molar refractivity (Wildman–Crippen MR) is 441 cm³/mol. The van der Waals surface area contributed by atoms with Crippen molar-refractivity contribution in [1.29, 1.82) is 0 Å². The lowest BCUT2D eigenvalue weighted by atomic mass is 10.00. The molecule has 0 aromatic rings. The van der Waals surface area contributed by atoms with Gasteiger partial charge in [0.15, 0.2) is 12.2 Å². The van der Waals surface area contributed by atoms with Crippen LogP contribution in [-0.2, 0) is 65.4 Å². The smallest absolute Gasteiger partial charge is 0.462 e. The van der Waals surface area contributed by atoms with Gasteiger partial charge in [-0.05, 0) is 43.4 Å². The molecular weight excluding hydrogens is 1390 g/mol. The molecule has 0 spiro atoms. The predicted octanol–water partition coefficient (Wildman–Crippen LogP) is 26.9. The molecule has 0 aliphatic carbocycles. The average molecular weight is 1560 g/mol. The first kappa shape index (κ1) is 105. The average Bonchev–Trinajstić information content (AvgIpc) is 0.904. The Morgan fingerprint density at radius 3 is 0.710 bits per heavy atom. The molecular formula is C88H172O17P2. The van der Waals surface area contributed by atoms with Gasteiger partial charge in [0.1, 0.15) is 19.3 Å². The molecule has 3 N–H and O–H groups in total. The Hall–Kier alpha value is -1.94. The lowest BCUT2D eigenvalue weighted by Crippen LogP contribution is -2.30. The summed E-state index contributed by atoms with van der Waals surface area (Å²) in [5, 5.41) is 10.7. The third kappa shape index (κ3) is 80.5. The van der Waals surface area contributed by atoms with Crippen molar-refractivity contribution in [3.05, 3.63) is 0 Å². The van der Waals surface area contributed by atoms with Crippen LogP contribution in [0.2, 0.25) is 0 Å². The number of rotatable bonds is 86. The second kappa shape index (κ2) is 78.0. The fourth-order valence-electron chi connectivity index (χ4n) is 13.7. The van der Waals surface area contributed by atoms with E-state index >= 15 is 0 Å². The molecule has 19 heteroatoms. The van der Waals surface area contributed by atoms with E-state index in [0.717, 1.165) is 114 Å². The lowest BCUT2D eigenvalue weighted by molar-refractivity contribution is -0.161. The van der Waals surface area contributed by atoms with Gasteiger partial charge < -0.3 is 33.8 Å². The van der Waals surface area contributed by atoms with Gasteiger partial charge in [0, 0.05) is 25.7 Å². The van der Waals surface area contributed by atoms with E-state index < -0.39 is 97.5 Å². The second-order valence-electron chi connectivity index (χ2n) is 32.8. The molecule has 0 radical (unpaired) electrons. The molecule has 0 saturated heterocycles. The first-order valence-corrected chi connectivity index (χ1v) is 48.4. The Labute approximate surface area is 658 Å². The van der Waals surface area contributed by atoms with Crippen molar-refractivity contribution in [2.24, 2.45) is 17.8 Å². The quantitative estimate of drug-likeness (QED) is 0.0222. The van der Waals surface area contributed by atoms with E-state index in [-0.39, 0.29) is 25.7 Å². The van der Waals surface area contributed by atoms with Crippen LogP contribution in [0, 0.1) is 17.8 Å². The van der Waals surface area contributed by atoms with Crippen molar-refractivity contribution < 1.29 is 80.2 Å². The summed E-state index contributed by atoms with van der Waals surface area (Å²) in [5.41, 5.74) is 0. The Morgan fingerprint density at radius 1 is 0.271 bits per heavy atom. The van der Waals surface area contributed by atoms with Gasteiger partial charge in [0.05, 0.1) is 26.4 Å². The highest BCUT2D eigenvalue weighted by molar-refractivity contribution is 7.47. The van der Waals surface area contributed by atoms with Crippen molar-refractivity contribution >= 4 is 39.5 Å². The highest BCUT2D eigenvalue weighted by atomic mass is 31.2. The van der Waals surface area contributed by atoms with Crippen molar-refractivity contribution in [1.82, 2.24) is 0 Å². The van der Waals surface area contributed by atoms with Crippen molar-refractivity contribution in [3.8, 4) is 0 Å². The van der Waals surface area contributed by atoms with Crippen molar-refractivity contribution in [3.63, 3.8) is 0 Å². The van der Waals surface area contributed by atoms with Crippen LogP contribution in [-0.4, -0.2) is 96.7 Å². The van der Waals surface area contributed by atoms with Crippen LogP contribution in [0.4, 0.5) is 0 Å². The van der Waals surface area contributed by atoms with Gasteiger partial charge >= 0.3 is 39.5 Å². The third-order valence-electron chi connectivity index (χ3n) is 21.0. The number of carbonyl (C=O) groups is 4. The molecule has 0 bridgehead atoms. The Kier molecular flexibility index (Phi) is 76.6. The van der Waals surface area contributed by atoms with Crippen LogP contribution in [0.25, 0.3) is 0 Å². The summed E-state index contributed by atoms with van der Waals surface area (Å²) >= 11 is 0. The van der Waals surface area contributed by atoms with Gasteiger partial charge in [0.25, 0.3) is 0 Å². The number of hydrogen-bond donors (Lipinski definition) is 3. The highest BCUT2D eigenvalue weighted by Crippen LogP contribution is 2.45. The minimum atomic E-state index is -4.97. The van der Waals surface area contributed by atoms with Crippen LogP contribution in [0.3, 0.4) is 0 Å². The summed E-state index contributed by atoms with van der Waals surface area (Å²) in [6.07, 6.45) is 69.5. The minimum absolute atomic E-state index is 0.107. The maximum Gasteiger partial charge on any atom is 0.472 e. The number of phosphoric ester groups is 2. The van der Waals surface area contributed by atoms with E-state index in [9.17, 15) is 43.2 Å². The largest absolute Gasteiger partial charge is 0.472 e. The zero-order chi connectivity index (χ0) is 78.6. The maximum atomic E-state index is 13.2. The molecule has 0 rings (SSSR count). The van der Waals surface area contributed by atoms with Gasteiger partial charge in [-0.15, -0.1) is 0 Å². The minimum Gasteiger partial charge on any atom is -0.462 e. The summed E-state index contributed by atoms with van der Waals surface area (Å²) in [5.74, 6) is 0.243. The molecule has 17 nitrogen and oxygen atoms in total. The standard InChI is InChI=1S/C88H172O17P2/c1-8-10-11-12-13-14-15-16-17-18-19-23-26-32-37-42-47-55-62-69-85(90)98-75-83(104-87(92)71-64-57-48-43-38-33-27-24-21-20-22-25-30-35-40-45-52-59-66-79(3)4)77-102-106(94,95)100-73-82(89)74-101-107(96,97)103-78-84(76-99-86(91)70-63-56-51-50-54-61-68-81(7)9-2)105-88(93)72-65-58-49-44-39-34-29-28-31-36-41-46-53-60-67-80(5)6/h79-84,89H,8-78H2,1-7H3,(H,94,95)(H,96,97)/t81?,82-,83-,84-/m1/s1. The number of carbonyl (C=O) groups excluding carboxylic acids is 4. The summed E-state index contributed by atoms with van der Waals surface area (Å²) < 4.78 is 69.0. The highest BCUT2D eigenvalue weighted by Gasteiger charge is 2.31. The van der Waals surface area contributed by atoms with E-state index in [2.05, 4.69) is 48.5 Å². The van der Waals surface area contributed by atoms with Crippen molar-refractivity contribution in [2.75, 3.05) is 39.6 Å². The summed E-state index contributed by atoms with van der Waals surface area (Å²) in [7, 11) is -9.93. The van der Waals surface area contributed by atoms with Gasteiger partial charge in [-0.25, -0.2) is 9.13 Å². The summed E-state index contributed by atoms with van der Waals surface area (Å²) in [6.45, 7) is 12.0. The lowest BCUT2D eigenvalue weighted by Gasteiger charge is -2.21. The first-order chi connectivity index (χ1) is 51.8. The molecule has 0 aliphatic rings. The van der Waals surface area contributed by atoms with Crippen LogP contribution in [0.1, 0.15) is 466 Å². The number of aliphatic hydroxyl groups excluding tert-OH is 1. The molecule has 0 saturated carbocycles. The van der Waals surface area contributed by atoms with E-state index in [0.29, 0.717) is 25.7 Å². The molecule has 0 amide bonds. The van der Waals surface area contributed by atoms with Crippen LogP contribution >= 0.6 is 15.6 Å². The molecule has 0 aromatic heterocycles. The van der Waals surface area contributed by atoms with Crippen molar-refractivity contribution in [2.45, 2.75) is 484 Å². The number of hydrogen-bond acceptors (Lipinski definition) is 15. The molecule has 3 unspecified atom stereocenters. The topological polar surface area (TPSA) is 237 Å². The molecule has 6 atom stereocenters. The maximum absolute atomic E-state index is 13.2. The molecule has 0 heterocycles.